The number of nitrogens with zero attached hydrogens (tertiary/aromatic N) is 6. The van der Waals surface area contributed by atoms with Crippen molar-refractivity contribution in [1.82, 2.24) is 29.3 Å². The topological polar surface area (TPSA) is 117 Å². The van der Waals surface area contributed by atoms with Crippen LogP contribution in [-0.4, -0.2) is 29.3 Å². The number of pyridine rings is 1. The molecule has 2 aromatic carbocycles. The van der Waals surface area contributed by atoms with Gasteiger partial charge in [0.1, 0.15) is 23.9 Å². The Hall–Kier alpha value is -4.94. The lowest BCUT2D eigenvalue weighted by atomic mass is 10.1. The van der Waals surface area contributed by atoms with Gasteiger partial charge < -0.3 is 14.9 Å². The van der Waals surface area contributed by atoms with Crippen LogP contribution in [0.5, 0.6) is 0 Å². The predicted molar refractivity (Wildman–Crippen MR) is 146 cm³/mol. The molecular formula is C28H21ClN8O. The Morgan fingerprint density at radius 3 is 2.61 bits per heavy atom. The molecule has 0 aliphatic heterocycles. The second kappa shape index (κ2) is 9.84. The number of aromatic nitrogens is 6. The summed E-state index contributed by atoms with van der Waals surface area (Å²) in [7, 11) is 0. The molecule has 0 aliphatic rings. The maximum absolute atomic E-state index is 12.0. The Bertz CT molecular complexity index is 1880. The van der Waals surface area contributed by atoms with Gasteiger partial charge in [-0.2, -0.15) is 10.4 Å². The van der Waals surface area contributed by atoms with Crippen LogP contribution in [0.1, 0.15) is 22.4 Å². The highest BCUT2D eigenvalue weighted by Crippen LogP contribution is 2.27. The smallest absolute Gasteiger partial charge is 0.250 e. The van der Waals surface area contributed by atoms with Gasteiger partial charge in [-0.1, -0.05) is 41.9 Å². The van der Waals surface area contributed by atoms with Crippen LogP contribution in [-0.2, 0) is 19.6 Å². The van der Waals surface area contributed by atoms with Crippen molar-refractivity contribution < 1.29 is 0 Å². The molecule has 0 radical (unpaired) electrons. The van der Waals surface area contributed by atoms with Crippen LogP contribution < -0.4 is 10.9 Å². The lowest BCUT2D eigenvalue weighted by Gasteiger charge is -2.07. The molecule has 0 bridgehead atoms. The maximum atomic E-state index is 12.0. The summed E-state index contributed by atoms with van der Waals surface area (Å²) in [6.07, 6.45) is 5.17. The predicted octanol–water partition coefficient (Wildman–Crippen LogP) is 4.70. The molecule has 0 fully saturated rings. The largest absolute Gasteiger partial charge is 0.365 e. The van der Waals surface area contributed by atoms with E-state index in [9.17, 15) is 10.1 Å². The summed E-state index contributed by atoms with van der Waals surface area (Å²) < 4.78 is 3.50. The molecule has 6 aromatic rings. The monoisotopic (exact) mass is 520 g/mol. The molecule has 10 heteroatoms. The Kier molecular flexibility index (Phi) is 6.08. The van der Waals surface area contributed by atoms with Gasteiger partial charge in [0.25, 0.3) is 5.56 Å². The summed E-state index contributed by atoms with van der Waals surface area (Å²) in [5.41, 5.74) is 4.82. The summed E-state index contributed by atoms with van der Waals surface area (Å²) in [5.74, 6) is 0.630. The van der Waals surface area contributed by atoms with Crippen molar-refractivity contribution in [2.45, 2.75) is 19.6 Å². The molecule has 9 nitrogen and oxygen atoms in total. The van der Waals surface area contributed by atoms with Crippen molar-refractivity contribution in [3.8, 4) is 6.07 Å². The van der Waals surface area contributed by atoms with Gasteiger partial charge in [-0.25, -0.2) is 9.97 Å². The Balaban J connectivity index is 1.20. The van der Waals surface area contributed by atoms with E-state index in [1.807, 2.05) is 53.3 Å². The molecule has 186 valence electrons. The van der Waals surface area contributed by atoms with Crippen LogP contribution >= 0.6 is 11.6 Å². The Labute approximate surface area is 222 Å². The molecule has 4 aromatic heterocycles. The molecule has 0 aliphatic carbocycles. The van der Waals surface area contributed by atoms with Crippen LogP contribution in [0.4, 0.5) is 5.82 Å². The van der Waals surface area contributed by atoms with Crippen molar-refractivity contribution in [1.29, 1.82) is 5.26 Å². The molecule has 0 unspecified atom stereocenters. The summed E-state index contributed by atoms with van der Waals surface area (Å²) in [6.45, 7) is 1.46. The normalized spacial score (nSPS) is 11.2. The number of benzene rings is 2. The Morgan fingerprint density at radius 1 is 1.00 bits per heavy atom. The molecule has 0 saturated heterocycles. The first-order valence-electron chi connectivity index (χ1n) is 11.9. The van der Waals surface area contributed by atoms with Gasteiger partial charge in [-0.05, 0) is 35.4 Å². The van der Waals surface area contributed by atoms with Crippen molar-refractivity contribution in [3.63, 3.8) is 0 Å². The molecule has 2 N–H and O–H groups in total. The third-order valence-electron chi connectivity index (χ3n) is 6.40. The highest BCUT2D eigenvalue weighted by Gasteiger charge is 2.14. The third kappa shape index (κ3) is 4.61. The Morgan fingerprint density at radius 2 is 1.82 bits per heavy atom. The van der Waals surface area contributed by atoms with E-state index in [4.69, 9.17) is 11.6 Å². The first-order chi connectivity index (χ1) is 18.6. The number of anilines is 1. The van der Waals surface area contributed by atoms with Crippen molar-refractivity contribution >= 4 is 39.4 Å². The zero-order valence-electron chi connectivity index (χ0n) is 20.1. The molecule has 0 spiro atoms. The van der Waals surface area contributed by atoms with Crippen molar-refractivity contribution in [3.05, 3.63) is 117 Å². The standard InChI is InChI=1S/C28H21ClN8O/c29-20-8-9-24-21(11-20)22(25(12-30)34-24)13-31-27-23-16-37(35-28(23)33-17-32-27)15-19-6-4-18(5-7-19)14-36-10-2-1-3-26(36)38/h1-11,16-17,34H,13-15H2,(H,31,32,33,35). The minimum Gasteiger partial charge on any atom is -0.365 e. The van der Waals surface area contributed by atoms with E-state index >= 15 is 0 Å². The SMILES string of the molecule is N#Cc1[nH]c2ccc(Cl)cc2c1CNc1ncnc2nn(Cc3ccc(Cn4ccccc4=O)cc3)cc12. The quantitative estimate of drug-likeness (QED) is 0.315. The lowest BCUT2D eigenvalue weighted by molar-refractivity contribution is 0.692. The number of fused-ring (bicyclic) bond motifs is 2. The van der Waals surface area contributed by atoms with Crippen LogP contribution in [0.3, 0.4) is 0 Å². The second-order valence-electron chi connectivity index (χ2n) is 8.90. The summed E-state index contributed by atoms with van der Waals surface area (Å²) in [6, 6.07) is 21.0. The van der Waals surface area contributed by atoms with Gasteiger partial charge in [-0.15, -0.1) is 0 Å². The van der Waals surface area contributed by atoms with Crippen molar-refractivity contribution in [2.75, 3.05) is 5.32 Å². The van der Waals surface area contributed by atoms with Crippen molar-refractivity contribution in [2.24, 2.45) is 0 Å². The van der Waals surface area contributed by atoms with E-state index in [0.717, 1.165) is 33.0 Å². The highest BCUT2D eigenvalue weighted by atomic mass is 35.5. The van der Waals surface area contributed by atoms with E-state index in [1.54, 1.807) is 29.0 Å². The van der Waals surface area contributed by atoms with Crippen LogP contribution in [0, 0.1) is 11.3 Å². The molecule has 38 heavy (non-hydrogen) atoms. The average molecular weight is 521 g/mol. The average Bonchev–Trinajstić information content (AvgIpc) is 3.50. The third-order valence-corrected chi connectivity index (χ3v) is 6.63. The molecular weight excluding hydrogens is 500 g/mol. The van der Waals surface area contributed by atoms with E-state index in [-0.39, 0.29) is 5.56 Å². The first-order valence-corrected chi connectivity index (χ1v) is 12.3. The van der Waals surface area contributed by atoms with Gasteiger partial charge in [-0.3, -0.25) is 9.48 Å². The van der Waals surface area contributed by atoms with E-state index < -0.39 is 0 Å². The number of halogens is 1. The lowest BCUT2D eigenvalue weighted by Crippen LogP contribution is -2.18. The molecule has 0 saturated carbocycles. The number of nitriles is 1. The summed E-state index contributed by atoms with van der Waals surface area (Å²) in [5, 5.41) is 19.8. The van der Waals surface area contributed by atoms with Crippen LogP contribution in [0.15, 0.2) is 84.2 Å². The van der Waals surface area contributed by atoms with E-state index in [2.05, 4.69) is 31.4 Å². The fraction of sp³-hybridized carbons (Fsp3) is 0.107. The fourth-order valence-corrected chi connectivity index (χ4v) is 4.67. The van der Waals surface area contributed by atoms with E-state index in [0.29, 0.717) is 41.8 Å². The zero-order valence-corrected chi connectivity index (χ0v) is 20.9. The summed E-state index contributed by atoms with van der Waals surface area (Å²) in [4.78, 5) is 23.9. The maximum Gasteiger partial charge on any atom is 0.250 e. The number of hydrogen-bond donors (Lipinski definition) is 2. The molecule has 0 atom stereocenters. The van der Waals surface area contributed by atoms with Crippen LogP contribution in [0.2, 0.25) is 5.02 Å². The number of nitrogens with one attached hydrogen (secondary N) is 2. The van der Waals surface area contributed by atoms with Gasteiger partial charge >= 0.3 is 0 Å². The number of aromatic amines is 1. The second-order valence-corrected chi connectivity index (χ2v) is 9.34. The summed E-state index contributed by atoms with van der Waals surface area (Å²) >= 11 is 6.20. The van der Waals surface area contributed by atoms with Gasteiger partial charge in [0, 0.05) is 46.5 Å². The molecule has 6 rings (SSSR count). The highest BCUT2D eigenvalue weighted by molar-refractivity contribution is 6.31. The molecule has 4 heterocycles. The molecule has 0 amide bonds. The van der Waals surface area contributed by atoms with Gasteiger partial charge in [0.05, 0.1) is 18.5 Å². The minimum atomic E-state index is -0.0253. The van der Waals surface area contributed by atoms with Gasteiger partial charge in [0.2, 0.25) is 0 Å². The van der Waals surface area contributed by atoms with Crippen LogP contribution in [0.25, 0.3) is 21.9 Å². The van der Waals surface area contributed by atoms with E-state index in [1.165, 1.54) is 6.33 Å². The fourth-order valence-electron chi connectivity index (χ4n) is 4.50. The minimum absolute atomic E-state index is 0.0253. The number of rotatable bonds is 7. The first kappa shape index (κ1) is 23.5. The zero-order chi connectivity index (χ0) is 26.1. The number of hydrogen-bond acceptors (Lipinski definition) is 6. The number of H-pyrrole nitrogens is 1. The van der Waals surface area contributed by atoms with Gasteiger partial charge in [0.15, 0.2) is 5.65 Å².